The van der Waals surface area contributed by atoms with Gasteiger partial charge >= 0.3 is 6.09 Å². The van der Waals surface area contributed by atoms with Gasteiger partial charge in [-0.05, 0) is 32.9 Å². The van der Waals surface area contributed by atoms with E-state index in [2.05, 4.69) is 9.68 Å². The topological polar surface area (TPSA) is 89.7 Å². The van der Waals surface area contributed by atoms with E-state index in [-0.39, 0.29) is 4.31 Å². The minimum Gasteiger partial charge on any atom is -0.443 e. The molecule has 7 nitrogen and oxygen atoms in total. The molecule has 2 rings (SSSR count). The zero-order valence-corrected chi connectivity index (χ0v) is 14.1. The first kappa shape index (κ1) is 18.8. The summed E-state index contributed by atoms with van der Waals surface area (Å²) in [7, 11) is -5.01. The molecule has 1 aromatic heterocycles. The molecular formula is C14H13F3N2O5S. The maximum atomic E-state index is 13.9. The third-order valence-electron chi connectivity index (χ3n) is 2.71. The summed E-state index contributed by atoms with van der Waals surface area (Å²) in [5.41, 5.74) is -1.10. The van der Waals surface area contributed by atoms with Crippen molar-refractivity contribution in [1.29, 1.82) is 0 Å². The number of benzene rings is 1. The largest absolute Gasteiger partial charge is 0.443 e. The minimum atomic E-state index is -5.01. The number of carbonyl (C=O) groups excluding carboxylic acids is 1. The van der Waals surface area contributed by atoms with Crippen molar-refractivity contribution in [2.75, 3.05) is 4.31 Å². The molecule has 0 fully saturated rings. The molecule has 0 bridgehead atoms. The Hall–Kier alpha value is -2.56. The highest BCUT2D eigenvalue weighted by atomic mass is 32.2. The second-order valence-corrected chi connectivity index (χ2v) is 7.54. The number of hydrogen-bond acceptors (Lipinski definition) is 6. The van der Waals surface area contributed by atoms with Crippen LogP contribution >= 0.6 is 0 Å². The van der Waals surface area contributed by atoms with Crippen molar-refractivity contribution in [3.05, 3.63) is 41.9 Å². The van der Waals surface area contributed by atoms with Gasteiger partial charge < -0.3 is 9.26 Å². The Kier molecular flexibility index (Phi) is 4.80. The number of nitrogens with zero attached hydrogens (tertiary/aromatic N) is 2. The predicted octanol–water partition coefficient (Wildman–Crippen LogP) is 3.22. The van der Waals surface area contributed by atoms with E-state index < -0.39 is 49.9 Å². The second-order valence-electron chi connectivity index (χ2n) is 5.78. The number of hydrogen-bond donors (Lipinski definition) is 0. The van der Waals surface area contributed by atoms with Crippen molar-refractivity contribution >= 4 is 21.9 Å². The van der Waals surface area contributed by atoms with Gasteiger partial charge in [0.2, 0.25) is 0 Å². The maximum absolute atomic E-state index is 13.9. The number of halogens is 3. The molecule has 0 saturated heterocycles. The smallest absolute Gasteiger partial charge is 0.430 e. The molecule has 0 unspecified atom stereocenters. The molecule has 0 aliphatic heterocycles. The van der Waals surface area contributed by atoms with E-state index in [1.807, 2.05) is 0 Å². The van der Waals surface area contributed by atoms with Crippen LogP contribution in [0.5, 0.6) is 0 Å². The van der Waals surface area contributed by atoms with E-state index in [0.29, 0.717) is 12.1 Å². The van der Waals surface area contributed by atoms with Crippen LogP contribution in [-0.4, -0.2) is 25.3 Å². The molecule has 1 heterocycles. The molecule has 0 N–H and O–H groups in total. The van der Waals surface area contributed by atoms with Crippen molar-refractivity contribution in [1.82, 2.24) is 5.16 Å². The van der Waals surface area contributed by atoms with Gasteiger partial charge in [0.25, 0.3) is 10.0 Å². The van der Waals surface area contributed by atoms with Crippen LogP contribution in [-0.2, 0) is 14.8 Å². The lowest BCUT2D eigenvalue weighted by atomic mass is 10.2. The summed E-state index contributed by atoms with van der Waals surface area (Å²) in [5, 5.41) is 3.31. The molecule has 11 heteroatoms. The molecular weight excluding hydrogens is 365 g/mol. The van der Waals surface area contributed by atoms with Crippen LogP contribution in [0, 0.1) is 17.5 Å². The Morgan fingerprint density at radius 2 is 1.80 bits per heavy atom. The molecule has 0 atom stereocenters. The first-order chi connectivity index (χ1) is 11.4. The van der Waals surface area contributed by atoms with E-state index in [4.69, 9.17) is 4.74 Å². The number of amides is 1. The lowest BCUT2D eigenvalue weighted by Gasteiger charge is -2.25. The molecule has 0 saturated carbocycles. The Bertz CT molecular complexity index is 892. The van der Waals surface area contributed by atoms with E-state index in [0.717, 1.165) is 12.3 Å². The zero-order valence-electron chi connectivity index (χ0n) is 13.3. The summed E-state index contributed by atoms with van der Waals surface area (Å²) >= 11 is 0. The summed E-state index contributed by atoms with van der Waals surface area (Å²) in [6.45, 7) is 4.41. The zero-order chi connectivity index (χ0) is 19.0. The Balaban J connectivity index is 2.61. The summed E-state index contributed by atoms with van der Waals surface area (Å²) in [6, 6.07) is 1.90. The fourth-order valence-corrected chi connectivity index (χ4v) is 3.06. The van der Waals surface area contributed by atoms with Gasteiger partial charge in [-0.15, -0.1) is 4.31 Å². The normalized spacial score (nSPS) is 12.1. The van der Waals surface area contributed by atoms with Gasteiger partial charge in [0.1, 0.15) is 16.8 Å². The Labute approximate surface area is 141 Å². The maximum Gasteiger partial charge on any atom is 0.430 e. The van der Waals surface area contributed by atoms with E-state index in [9.17, 15) is 26.4 Å². The molecule has 0 radical (unpaired) electrons. The Morgan fingerprint density at radius 3 is 2.32 bits per heavy atom. The summed E-state index contributed by atoms with van der Waals surface area (Å²) in [4.78, 5) is 11.0. The first-order valence-corrected chi connectivity index (χ1v) is 8.21. The molecule has 0 spiro atoms. The fourth-order valence-electron chi connectivity index (χ4n) is 1.73. The summed E-state index contributed by atoms with van der Waals surface area (Å²) < 4.78 is 75.2. The van der Waals surface area contributed by atoms with Gasteiger partial charge in [-0.25, -0.2) is 26.4 Å². The Morgan fingerprint density at radius 1 is 1.16 bits per heavy atom. The quantitative estimate of drug-likeness (QED) is 0.762. The predicted molar refractivity (Wildman–Crippen MR) is 78.7 cm³/mol. The van der Waals surface area contributed by atoms with Gasteiger partial charge in [0.15, 0.2) is 23.3 Å². The van der Waals surface area contributed by atoms with Gasteiger partial charge in [-0.1, -0.05) is 5.16 Å². The lowest BCUT2D eigenvalue weighted by molar-refractivity contribution is 0.0607. The van der Waals surface area contributed by atoms with Crippen molar-refractivity contribution in [2.24, 2.45) is 0 Å². The molecule has 0 aliphatic carbocycles. The van der Waals surface area contributed by atoms with Crippen molar-refractivity contribution in [3.8, 4) is 0 Å². The summed E-state index contributed by atoms with van der Waals surface area (Å²) in [6.07, 6.45) is -0.463. The molecule has 136 valence electrons. The molecule has 1 amide bonds. The number of sulfonamides is 1. The highest BCUT2D eigenvalue weighted by molar-refractivity contribution is 7.93. The van der Waals surface area contributed by atoms with Crippen LogP contribution in [0.2, 0.25) is 0 Å². The molecule has 0 aliphatic rings. The van der Waals surface area contributed by atoms with Crippen molar-refractivity contribution in [2.45, 2.75) is 31.3 Å². The average Bonchev–Trinajstić information content (AvgIpc) is 2.96. The number of aromatic nitrogens is 1. The van der Waals surface area contributed by atoms with Crippen LogP contribution in [0.1, 0.15) is 20.8 Å². The number of ether oxygens (including phenoxy) is 1. The minimum absolute atomic E-state index is 0.00247. The van der Waals surface area contributed by atoms with E-state index in [1.54, 1.807) is 0 Å². The van der Waals surface area contributed by atoms with E-state index in [1.165, 1.54) is 20.8 Å². The monoisotopic (exact) mass is 378 g/mol. The highest BCUT2D eigenvalue weighted by Gasteiger charge is 2.39. The third kappa shape index (κ3) is 3.76. The fraction of sp³-hybridized carbons (Fsp3) is 0.286. The van der Waals surface area contributed by atoms with Gasteiger partial charge in [0.05, 0.1) is 0 Å². The van der Waals surface area contributed by atoms with Gasteiger partial charge in [-0.2, -0.15) is 0 Å². The van der Waals surface area contributed by atoms with Crippen molar-refractivity contribution < 1.29 is 35.6 Å². The van der Waals surface area contributed by atoms with Gasteiger partial charge in [-0.3, -0.25) is 0 Å². The average molecular weight is 378 g/mol. The number of rotatable bonds is 3. The lowest BCUT2D eigenvalue weighted by Crippen LogP contribution is -2.41. The van der Waals surface area contributed by atoms with Crippen LogP contribution in [0.4, 0.5) is 23.8 Å². The van der Waals surface area contributed by atoms with Crippen LogP contribution in [0.3, 0.4) is 0 Å². The number of carbonyl (C=O) groups is 1. The standard InChI is InChI=1S/C14H13F3N2O5S/c1-14(2,3)24-13(20)19(10-6-7-23-18-10)25(21,22)9-5-4-8(15)11(16)12(9)17/h4-7H,1-3H3. The SMILES string of the molecule is CC(C)(C)OC(=O)N(c1ccon1)S(=O)(=O)c1ccc(F)c(F)c1F. The number of anilines is 1. The van der Waals surface area contributed by atoms with E-state index >= 15 is 0 Å². The first-order valence-electron chi connectivity index (χ1n) is 6.77. The third-order valence-corrected chi connectivity index (χ3v) is 4.40. The molecule has 25 heavy (non-hydrogen) atoms. The van der Waals surface area contributed by atoms with Crippen LogP contribution in [0.25, 0.3) is 0 Å². The molecule has 1 aromatic carbocycles. The van der Waals surface area contributed by atoms with Gasteiger partial charge in [0, 0.05) is 6.07 Å². The van der Waals surface area contributed by atoms with Crippen LogP contribution < -0.4 is 4.31 Å². The molecule has 2 aromatic rings. The van der Waals surface area contributed by atoms with Crippen molar-refractivity contribution in [3.63, 3.8) is 0 Å². The highest BCUT2D eigenvalue weighted by Crippen LogP contribution is 2.28. The second kappa shape index (κ2) is 6.39. The summed E-state index contributed by atoms with van der Waals surface area (Å²) in [5.74, 6) is -6.09. The van der Waals surface area contributed by atoms with Crippen LogP contribution in [0.15, 0.2) is 33.9 Å².